The van der Waals surface area contributed by atoms with Crippen LogP contribution in [0.25, 0.3) is 5.32 Å². The van der Waals surface area contributed by atoms with Crippen molar-refractivity contribution in [2.45, 2.75) is 6.10 Å². The highest BCUT2D eigenvalue weighted by Crippen LogP contribution is 2.12. The number of aliphatic hydroxyl groups is 1. The predicted octanol–water partition coefficient (Wildman–Crippen LogP) is 1.89. The summed E-state index contributed by atoms with van der Waals surface area (Å²) in [5, 5.41) is 13.0. The topological polar surface area (TPSA) is 34.3 Å². The molecule has 0 bridgehead atoms. The summed E-state index contributed by atoms with van der Waals surface area (Å²) in [7, 11) is 3.32. The van der Waals surface area contributed by atoms with Gasteiger partial charge in [-0.05, 0) is 12.6 Å². The molecule has 0 spiro atoms. The van der Waals surface area contributed by atoms with E-state index in [1.807, 2.05) is 30.3 Å². The van der Waals surface area contributed by atoms with Crippen LogP contribution in [0.1, 0.15) is 11.7 Å². The number of benzene rings is 1. The first-order valence-corrected chi connectivity index (χ1v) is 3.50. The smallest absolute Gasteiger partial charge is 0.0629 e. The standard InChI is InChI=1S/C9H11NO/c1-10-7-9(11)8-5-3-2-4-6-8/h2-6,9,11H,1,7H2. The van der Waals surface area contributed by atoms with Crippen molar-refractivity contribution in [2.75, 3.05) is 6.54 Å². The number of nitrogens with zero attached hydrogens (tertiary/aromatic N) is 1. The fourth-order valence-electron chi connectivity index (χ4n) is 0.903. The zero-order valence-electron chi connectivity index (χ0n) is 6.27. The highest BCUT2D eigenvalue weighted by atomic mass is 16.3. The van der Waals surface area contributed by atoms with Crippen LogP contribution < -0.4 is 0 Å². The fourth-order valence-corrected chi connectivity index (χ4v) is 0.903. The summed E-state index contributed by atoms with van der Waals surface area (Å²) < 4.78 is 0. The summed E-state index contributed by atoms with van der Waals surface area (Å²) in [6, 6.07) is 9.44. The molecule has 0 saturated heterocycles. The maximum absolute atomic E-state index is 9.39. The van der Waals surface area contributed by atoms with Crippen LogP contribution in [0.5, 0.6) is 0 Å². The molecular weight excluding hydrogens is 138 g/mol. The van der Waals surface area contributed by atoms with E-state index >= 15 is 0 Å². The van der Waals surface area contributed by atoms with Crippen molar-refractivity contribution in [1.82, 2.24) is 0 Å². The van der Waals surface area contributed by atoms with Gasteiger partial charge in [-0.15, -0.1) is 0 Å². The van der Waals surface area contributed by atoms with Crippen molar-refractivity contribution >= 4 is 0 Å². The normalized spacial score (nSPS) is 12.8. The van der Waals surface area contributed by atoms with E-state index in [4.69, 9.17) is 0 Å². The zero-order chi connectivity index (χ0) is 8.10. The van der Waals surface area contributed by atoms with E-state index in [1.54, 1.807) is 0 Å². The van der Waals surface area contributed by atoms with Gasteiger partial charge in [0.25, 0.3) is 0 Å². The molecule has 0 saturated carbocycles. The van der Waals surface area contributed by atoms with E-state index in [2.05, 4.69) is 12.4 Å². The SMILES string of the molecule is [CH2+][N-]CC(O)c1ccccc1. The molecule has 0 aliphatic rings. The third-order valence-electron chi connectivity index (χ3n) is 1.49. The molecule has 1 aromatic carbocycles. The van der Waals surface area contributed by atoms with Crippen LogP contribution in [0.3, 0.4) is 0 Å². The maximum Gasteiger partial charge on any atom is 0.0629 e. The van der Waals surface area contributed by atoms with Gasteiger partial charge in [0.1, 0.15) is 0 Å². The molecule has 0 aliphatic carbocycles. The highest BCUT2D eigenvalue weighted by molar-refractivity contribution is 5.18. The zero-order valence-corrected chi connectivity index (χ0v) is 6.27. The summed E-state index contributed by atoms with van der Waals surface area (Å²) in [4.78, 5) is 0. The van der Waals surface area contributed by atoms with Crippen LogP contribution in [0.2, 0.25) is 0 Å². The molecule has 58 valence electrons. The molecule has 1 rings (SSSR count). The van der Waals surface area contributed by atoms with Gasteiger partial charge in [0, 0.05) is 0 Å². The Morgan fingerprint density at radius 3 is 2.55 bits per heavy atom. The third kappa shape index (κ3) is 2.26. The van der Waals surface area contributed by atoms with Crippen molar-refractivity contribution in [1.29, 1.82) is 0 Å². The quantitative estimate of drug-likeness (QED) is 0.654. The van der Waals surface area contributed by atoms with Crippen LogP contribution >= 0.6 is 0 Å². The Morgan fingerprint density at radius 2 is 2.00 bits per heavy atom. The second-order valence-corrected chi connectivity index (χ2v) is 2.33. The van der Waals surface area contributed by atoms with Crippen LogP contribution in [0.15, 0.2) is 30.3 Å². The molecular formula is C9H11NO. The molecule has 0 aliphatic heterocycles. The van der Waals surface area contributed by atoms with Gasteiger partial charge < -0.3 is 10.4 Å². The lowest BCUT2D eigenvalue weighted by molar-refractivity contribution is 0.194. The summed E-state index contributed by atoms with van der Waals surface area (Å²) >= 11 is 0. The van der Waals surface area contributed by atoms with E-state index in [0.717, 1.165) is 5.56 Å². The summed E-state index contributed by atoms with van der Waals surface area (Å²) in [5.41, 5.74) is 0.889. The molecule has 1 N–H and O–H groups in total. The number of aliphatic hydroxyl groups excluding tert-OH is 1. The predicted molar refractivity (Wildman–Crippen MR) is 45.0 cm³/mol. The van der Waals surface area contributed by atoms with Gasteiger partial charge in [-0.3, -0.25) is 0 Å². The Labute approximate surface area is 66.9 Å². The molecule has 1 unspecified atom stereocenters. The lowest BCUT2D eigenvalue weighted by Gasteiger charge is -2.13. The van der Waals surface area contributed by atoms with Gasteiger partial charge in [0.2, 0.25) is 0 Å². The monoisotopic (exact) mass is 149 g/mol. The first-order chi connectivity index (χ1) is 5.34. The van der Waals surface area contributed by atoms with Gasteiger partial charge in [-0.1, -0.05) is 36.9 Å². The minimum absolute atomic E-state index is 0.365. The lowest BCUT2D eigenvalue weighted by atomic mass is 10.1. The van der Waals surface area contributed by atoms with E-state index in [0.29, 0.717) is 6.54 Å². The van der Waals surface area contributed by atoms with Crippen molar-refractivity contribution < 1.29 is 5.11 Å². The minimum Gasteiger partial charge on any atom is -0.455 e. The maximum atomic E-state index is 9.39. The Morgan fingerprint density at radius 1 is 1.36 bits per heavy atom. The molecule has 0 fully saturated rings. The molecule has 2 heteroatoms. The molecule has 0 amide bonds. The Balaban J connectivity index is 2.61. The molecule has 0 radical (unpaired) electrons. The molecule has 11 heavy (non-hydrogen) atoms. The number of hydrogen-bond acceptors (Lipinski definition) is 1. The minimum atomic E-state index is -0.506. The van der Waals surface area contributed by atoms with Gasteiger partial charge in [-0.25, -0.2) is 0 Å². The van der Waals surface area contributed by atoms with Crippen LogP contribution in [0.4, 0.5) is 0 Å². The fraction of sp³-hybridized carbons (Fsp3) is 0.222. The lowest BCUT2D eigenvalue weighted by Crippen LogP contribution is -2.00. The third-order valence-corrected chi connectivity index (χ3v) is 1.49. The van der Waals surface area contributed by atoms with Crippen molar-refractivity contribution in [2.24, 2.45) is 0 Å². The van der Waals surface area contributed by atoms with Gasteiger partial charge in [-0.2, -0.15) is 0 Å². The average molecular weight is 149 g/mol. The summed E-state index contributed by atoms with van der Waals surface area (Å²) in [5.74, 6) is 0. The van der Waals surface area contributed by atoms with E-state index in [-0.39, 0.29) is 0 Å². The van der Waals surface area contributed by atoms with Crippen molar-refractivity contribution in [3.63, 3.8) is 0 Å². The number of hydrogen-bond donors (Lipinski definition) is 1. The second-order valence-electron chi connectivity index (χ2n) is 2.33. The summed E-state index contributed by atoms with van der Waals surface area (Å²) in [6.07, 6.45) is -0.506. The van der Waals surface area contributed by atoms with Gasteiger partial charge in [0.05, 0.1) is 6.10 Å². The Kier molecular flexibility index (Phi) is 2.95. The van der Waals surface area contributed by atoms with Crippen LogP contribution in [0, 0.1) is 7.05 Å². The first kappa shape index (κ1) is 8.11. The van der Waals surface area contributed by atoms with Crippen molar-refractivity contribution in [3.05, 3.63) is 48.3 Å². The molecule has 0 heterocycles. The molecule has 0 aromatic heterocycles. The summed E-state index contributed by atoms with van der Waals surface area (Å²) in [6.45, 7) is 0.365. The highest BCUT2D eigenvalue weighted by Gasteiger charge is 1.99. The second kappa shape index (κ2) is 4.01. The van der Waals surface area contributed by atoms with Crippen molar-refractivity contribution in [3.8, 4) is 0 Å². The molecule has 1 atom stereocenters. The molecule has 1 aromatic rings. The van der Waals surface area contributed by atoms with E-state index in [9.17, 15) is 5.11 Å². The Bertz CT molecular complexity index is 198. The Hall–Kier alpha value is -0.990. The van der Waals surface area contributed by atoms with E-state index < -0.39 is 6.10 Å². The van der Waals surface area contributed by atoms with E-state index in [1.165, 1.54) is 0 Å². The molecule has 2 nitrogen and oxygen atoms in total. The van der Waals surface area contributed by atoms with Gasteiger partial charge in [0.15, 0.2) is 0 Å². The number of rotatable bonds is 3. The van der Waals surface area contributed by atoms with Gasteiger partial charge >= 0.3 is 0 Å². The average Bonchev–Trinajstić information content (AvgIpc) is 2.07. The largest absolute Gasteiger partial charge is 0.455 e. The van der Waals surface area contributed by atoms with Crippen LogP contribution in [-0.4, -0.2) is 11.7 Å². The van der Waals surface area contributed by atoms with Crippen LogP contribution in [-0.2, 0) is 0 Å². The first-order valence-electron chi connectivity index (χ1n) is 3.50.